The van der Waals surface area contributed by atoms with Crippen molar-refractivity contribution in [3.63, 3.8) is 0 Å². The van der Waals surface area contributed by atoms with E-state index in [1.807, 2.05) is 30.0 Å². The molecule has 7 heteroatoms. The number of nitrogens with zero attached hydrogens (tertiary/aromatic N) is 3. The summed E-state index contributed by atoms with van der Waals surface area (Å²) in [5.41, 5.74) is 1.13. The summed E-state index contributed by atoms with van der Waals surface area (Å²) >= 11 is 0. The number of esters is 1. The third kappa shape index (κ3) is 6.18. The lowest BCUT2D eigenvalue weighted by atomic mass is 9.97. The molecule has 0 aromatic heterocycles. The number of nitrogens with one attached hydrogen (secondary N) is 1. The summed E-state index contributed by atoms with van der Waals surface area (Å²) < 4.78 is 5.12. The molecule has 1 atom stereocenters. The number of piperidine rings is 1. The number of carbonyl (C=O) groups excluding carboxylic acids is 2. The average Bonchev–Trinajstić information content (AvgIpc) is 2.75. The van der Waals surface area contributed by atoms with Gasteiger partial charge in [-0.1, -0.05) is 30.3 Å². The summed E-state index contributed by atoms with van der Waals surface area (Å²) in [7, 11) is 2.15. The van der Waals surface area contributed by atoms with E-state index in [-0.39, 0.29) is 24.0 Å². The van der Waals surface area contributed by atoms with Gasteiger partial charge in [-0.2, -0.15) is 0 Å². The molecule has 0 saturated carbocycles. The van der Waals surface area contributed by atoms with Crippen LogP contribution in [-0.2, 0) is 9.53 Å². The highest BCUT2D eigenvalue weighted by molar-refractivity contribution is 5.76. The van der Waals surface area contributed by atoms with Crippen LogP contribution in [0.4, 0.5) is 4.79 Å². The van der Waals surface area contributed by atoms with Crippen LogP contribution in [0.1, 0.15) is 31.4 Å². The number of ether oxygens (including phenoxy) is 1. The summed E-state index contributed by atoms with van der Waals surface area (Å²) in [4.78, 5) is 31.5. The van der Waals surface area contributed by atoms with E-state index < -0.39 is 0 Å². The molecule has 2 heterocycles. The molecule has 0 radical (unpaired) electrons. The second-order valence-electron chi connectivity index (χ2n) is 8.03. The van der Waals surface area contributed by atoms with Crippen molar-refractivity contribution in [3.8, 4) is 0 Å². The molecule has 1 N–H and O–H groups in total. The van der Waals surface area contributed by atoms with E-state index in [1.165, 1.54) is 0 Å². The highest BCUT2D eigenvalue weighted by atomic mass is 16.5. The van der Waals surface area contributed by atoms with Crippen LogP contribution < -0.4 is 5.32 Å². The zero-order chi connectivity index (χ0) is 20.6. The van der Waals surface area contributed by atoms with Crippen LogP contribution in [0.5, 0.6) is 0 Å². The molecule has 1 aromatic carbocycles. The maximum Gasteiger partial charge on any atom is 0.317 e. The van der Waals surface area contributed by atoms with Crippen molar-refractivity contribution in [1.82, 2.24) is 20.0 Å². The van der Waals surface area contributed by atoms with Crippen molar-refractivity contribution >= 4 is 12.0 Å². The number of amides is 2. The lowest BCUT2D eigenvalue weighted by molar-refractivity contribution is -0.149. The molecule has 2 aliphatic rings. The Morgan fingerprint density at radius 1 is 1.07 bits per heavy atom. The number of benzene rings is 1. The Balaban J connectivity index is 1.57. The zero-order valence-electron chi connectivity index (χ0n) is 17.7. The number of hydrogen-bond donors (Lipinski definition) is 1. The molecule has 160 valence electrons. The fourth-order valence-electron chi connectivity index (χ4n) is 4.03. The minimum absolute atomic E-state index is 0.0460. The van der Waals surface area contributed by atoms with Gasteiger partial charge in [0.1, 0.15) is 0 Å². The van der Waals surface area contributed by atoms with Gasteiger partial charge in [0.2, 0.25) is 0 Å². The topological polar surface area (TPSA) is 65.1 Å². The van der Waals surface area contributed by atoms with Crippen molar-refractivity contribution < 1.29 is 14.3 Å². The van der Waals surface area contributed by atoms with Crippen LogP contribution in [0.15, 0.2) is 30.3 Å². The Hall–Kier alpha value is -2.12. The molecule has 2 amide bonds. The van der Waals surface area contributed by atoms with Gasteiger partial charge in [0.25, 0.3) is 0 Å². The van der Waals surface area contributed by atoms with Gasteiger partial charge in [-0.3, -0.25) is 9.69 Å². The van der Waals surface area contributed by atoms with Crippen LogP contribution in [0, 0.1) is 5.92 Å². The molecule has 3 rings (SSSR count). The average molecular weight is 403 g/mol. The van der Waals surface area contributed by atoms with Gasteiger partial charge in [-0.05, 0) is 32.4 Å². The largest absolute Gasteiger partial charge is 0.466 e. The summed E-state index contributed by atoms with van der Waals surface area (Å²) in [5.74, 6) is -0.223. The first-order valence-electron chi connectivity index (χ1n) is 10.7. The molecule has 1 aromatic rings. The van der Waals surface area contributed by atoms with Crippen molar-refractivity contribution in [3.05, 3.63) is 35.9 Å². The second kappa shape index (κ2) is 10.6. The lowest BCUT2D eigenvalue weighted by Gasteiger charge is -2.36. The van der Waals surface area contributed by atoms with Crippen molar-refractivity contribution in [1.29, 1.82) is 0 Å². The van der Waals surface area contributed by atoms with Crippen LogP contribution in [0.25, 0.3) is 0 Å². The van der Waals surface area contributed by atoms with E-state index in [1.54, 1.807) is 0 Å². The molecular weight excluding hydrogens is 368 g/mol. The fraction of sp³-hybridized carbons (Fsp3) is 0.636. The van der Waals surface area contributed by atoms with Gasteiger partial charge in [0.05, 0.1) is 18.6 Å². The molecule has 2 fully saturated rings. The number of hydrogen-bond acceptors (Lipinski definition) is 5. The number of carbonyl (C=O) groups is 2. The number of piperazine rings is 1. The predicted octanol–water partition coefficient (Wildman–Crippen LogP) is 1.96. The standard InChI is InChI=1S/C22H34N4O3/c1-3-29-21(27)19-9-11-26(12-10-19)22(28)23-20(18-7-5-4-6-8-18)17-25-15-13-24(2)14-16-25/h4-8,19-20H,3,9-17H2,1-2H3,(H,23,28). The number of rotatable bonds is 6. The number of likely N-dealkylation sites (N-methyl/N-ethyl adjacent to an activating group) is 1. The lowest BCUT2D eigenvalue weighted by Crippen LogP contribution is -2.50. The van der Waals surface area contributed by atoms with E-state index in [2.05, 4.69) is 34.3 Å². The van der Waals surface area contributed by atoms with Crippen LogP contribution in [0.3, 0.4) is 0 Å². The second-order valence-corrected chi connectivity index (χ2v) is 8.03. The smallest absolute Gasteiger partial charge is 0.317 e. The van der Waals surface area contributed by atoms with Gasteiger partial charge in [0, 0.05) is 45.8 Å². The van der Waals surface area contributed by atoms with Crippen molar-refractivity contribution in [2.24, 2.45) is 5.92 Å². The van der Waals surface area contributed by atoms with Gasteiger partial charge in [0.15, 0.2) is 0 Å². The quantitative estimate of drug-likeness (QED) is 0.737. The van der Waals surface area contributed by atoms with Crippen molar-refractivity contribution in [2.75, 3.05) is 59.5 Å². The molecular formula is C22H34N4O3. The molecule has 2 saturated heterocycles. The fourth-order valence-corrected chi connectivity index (χ4v) is 4.03. The number of urea groups is 1. The summed E-state index contributed by atoms with van der Waals surface area (Å²) in [6, 6.07) is 10.1. The molecule has 0 spiro atoms. The van der Waals surface area contributed by atoms with E-state index in [4.69, 9.17) is 4.74 Å². The third-order valence-corrected chi connectivity index (χ3v) is 5.94. The molecule has 2 aliphatic heterocycles. The summed E-state index contributed by atoms with van der Waals surface area (Å²) in [6.07, 6.45) is 1.33. The first-order valence-corrected chi connectivity index (χ1v) is 10.7. The van der Waals surface area contributed by atoms with Gasteiger partial charge in [-0.15, -0.1) is 0 Å². The SMILES string of the molecule is CCOC(=O)C1CCN(C(=O)NC(CN2CCN(C)CC2)c2ccccc2)CC1. The third-order valence-electron chi connectivity index (χ3n) is 5.94. The Kier molecular flexibility index (Phi) is 7.89. The van der Waals surface area contributed by atoms with Gasteiger partial charge < -0.3 is 19.9 Å². The predicted molar refractivity (Wildman–Crippen MR) is 113 cm³/mol. The van der Waals surface area contributed by atoms with Gasteiger partial charge >= 0.3 is 12.0 Å². The maximum atomic E-state index is 12.9. The zero-order valence-corrected chi connectivity index (χ0v) is 17.7. The molecule has 0 aliphatic carbocycles. The highest BCUT2D eigenvalue weighted by Crippen LogP contribution is 2.21. The van der Waals surface area contributed by atoms with Crippen LogP contribution in [-0.4, -0.2) is 86.2 Å². The normalized spacial score (nSPS) is 20.3. The monoisotopic (exact) mass is 402 g/mol. The Labute approximate surface area is 174 Å². The molecule has 7 nitrogen and oxygen atoms in total. The number of likely N-dealkylation sites (tertiary alicyclic amines) is 1. The minimum atomic E-state index is -0.134. The minimum Gasteiger partial charge on any atom is -0.466 e. The van der Waals surface area contributed by atoms with Crippen LogP contribution >= 0.6 is 0 Å². The molecule has 29 heavy (non-hydrogen) atoms. The Morgan fingerprint density at radius 2 is 1.72 bits per heavy atom. The first kappa shape index (κ1) is 21.6. The Morgan fingerprint density at radius 3 is 2.34 bits per heavy atom. The van der Waals surface area contributed by atoms with Crippen molar-refractivity contribution in [2.45, 2.75) is 25.8 Å². The Bertz CT molecular complexity index is 653. The van der Waals surface area contributed by atoms with E-state index in [9.17, 15) is 9.59 Å². The van der Waals surface area contributed by atoms with E-state index in [0.29, 0.717) is 32.5 Å². The van der Waals surface area contributed by atoms with E-state index >= 15 is 0 Å². The van der Waals surface area contributed by atoms with E-state index in [0.717, 1.165) is 38.3 Å². The van der Waals surface area contributed by atoms with Crippen LogP contribution in [0.2, 0.25) is 0 Å². The molecule has 1 unspecified atom stereocenters. The maximum absolute atomic E-state index is 12.9. The highest BCUT2D eigenvalue weighted by Gasteiger charge is 2.29. The van der Waals surface area contributed by atoms with Gasteiger partial charge in [-0.25, -0.2) is 4.79 Å². The summed E-state index contributed by atoms with van der Waals surface area (Å²) in [6.45, 7) is 8.35. The molecule has 0 bridgehead atoms. The summed E-state index contributed by atoms with van der Waals surface area (Å²) in [5, 5.41) is 3.25. The first-order chi connectivity index (χ1) is 14.1.